The number of rotatable bonds is 2. The molecule has 104 valence electrons. The molecule has 0 radical (unpaired) electrons. The predicted octanol–water partition coefficient (Wildman–Crippen LogP) is 2.82. The highest BCUT2D eigenvalue weighted by Crippen LogP contribution is 2.42. The molecule has 1 aromatic heterocycles. The maximum absolute atomic E-state index is 12.6. The van der Waals surface area contributed by atoms with Gasteiger partial charge < -0.3 is 4.90 Å². The summed E-state index contributed by atoms with van der Waals surface area (Å²) in [5.74, 6) is 1.16. The standard InChI is InChI=1S/C16H19N3O/c1-2-19-15-8-4-7-14(13(15)9-17-19)18-10-11-5-3-6-12(11)16(18)20/h4,7-9,11-12H,2-3,5-6,10H2,1H3/t11-,12-/m0/s1. The second kappa shape index (κ2) is 4.33. The van der Waals surface area contributed by atoms with Crippen molar-refractivity contribution in [1.29, 1.82) is 0 Å². The van der Waals surface area contributed by atoms with Gasteiger partial charge in [-0.3, -0.25) is 9.48 Å². The van der Waals surface area contributed by atoms with Crippen molar-refractivity contribution in [3.63, 3.8) is 0 Å². The molecule has 1 saturated carbocycles. The van der Waals surface area contributed by atoms with Crippen LogP contribution in [0, 0.1) is 11.8 Å². The molecule has 1 aliphatic heterocycles. The Bertz CT molecular complexity index is 675. The number of hydrogen-bond acceptors (Lipinski definition) is 2. The van der Waals surface area contributed by atoms with E-state index >= 15 is 0 Å². The molecule has 20 heavy (non-hydrogen) atoms. The summed E-state index contributed by atoms with van der Waals surface area (Å²) in [4.78, 5) is 14.6. The summed E-state index contributed by atoms with van der Waals surface area (Å²) >= 11 is 0. The number of benzene rings is 1. The molecule has 1 aromatic carbocycles. The van der Waals surface area contributed by atoms with E-state index in [1.165, 1.54) is 12.8 Å². The minimum atomic E-state index is 0.270. The zero-order valence-electron chi connectivity index (χ0n) is 11.7. The van der Waals surface area contributed by atoms with Crippen molar-refractivity contribution in [3.05, 3.63) is 24.4 Å². The van der Waals surface area contributed by atoms with Gasteiger partial charge in [0.25, 0.3) is 0 Å². The Hall–Kier alpha value is -1.84. The summed E-state index contributed by atoms with van der Waals surface area (Å²) in [6.45, 7) is 3.83. The number of anilines is 1. The lowest BCUT2D eigenvalue weighted by Crippen LogP contribution is -2.27. The first kappa shape index (κ1) is 11.9. The third-order valence-corrected chi connectivity index (χ3v) is 4.91. The Labute approximate surface area is 118 Å². The summed E-state index contributed by atoms with van der Waals surface area (Å²) in [5, 5.41) is 5.52. The molecule has 2 heterocycles. The van der Waals surface area contributed by atoms with Gasteiger partial charge in [0.1, 0.15) is 0 Å². The van der Waals surface area contributed by atoms with E-state index in [4.69, 9.17) is 0 Å². The van der Waals surface area contributed by atoms with Crippen LogP contribution in [0.1, 0.15) is 26.2 Å². The van der Waals surface area contributed by atoms with Gasteiger partial charge in [-0.15, -0.1) is 0 Å². The normalized spacial score (nSPS) is 25.6. The van der Waals surface area contributed by atoms with E-state index in [9.17, 15) is 4.79 Å². The molecule has 0 unspecified atom stereocenters. The Morgan fingerprint density at radius 3 is 3.05 bits per heavy atom. The molecule has 2 aliphatic rings. The van der Waals surface area contributed by atoms with Gasteiger partial charge in [0.05, 0.1) is 17.4 Å². The fraction of sp³-hybridized carbons (Fsp3) is 0.500. The summed E-state index contributed by atoms with van der Waals surface area (Å²) in [5.41, 5.74) is 2.16. The molecule has 1 aliphatic carbocycles. The molecule has 1 saturated heterocycles. The van der Waals surface area contributed by atoms with Gasteiger partial charge in [0, 0.05) is 24.4 Å². The van der Waals surface area contributed by atoms with Gasteiger partial charge in [0.2, 0.25) is 5.91 Å². The van der Waals surface area contributed by atoms with Crippen LogP contribution in [0.2, 0.25) is 0 Å². The Morgan fingerprint density at radius 1 is 1.35 bits per heavy atom. The molecule has 2 fully saturated rings. The summed E-state index contributed by atoms with van der Waals surface area (Å²) in [6, 6.07) is 6.17. The van der Waals surface area contributed by atoms with Crippen molar-refractivity contribution in [3.8, 4) is 0 Å². The summed E-state index contributed by atoms with van der Waals surface area (Å²) in [7, 11) is 0. The van der Waals surface area contributed by atoms with Crippen LogP contribution in [0.4, 0.5) is 5.69 Å². The SMILES string of the molecule is CCn1ncc2c(N3C[C@@H]4CCC[C@@H]4C3=O)cccc21. The molecular formula is C16H19N3O. The summed E-state index contributed by atoms with van der Waals surface area (Å²) < 4.78 is 1.99. The van der Waals surface area contributed by atoms with Crippen LogP contribution in [-0.4, -0.2) is 22.2 Å². The molecule has 4 heteroatoms. The smallest absolute Gasteiger partial charge is 0.230 e. The lowest BCUT2D eigenvalue weighted by molar-refractivity contribution is -0.120. The molecule has 2 aromatic rings. The third-order valence-electron chi connectivity index (χ3n) is 4.91. The van der Waals surface area contributed by atoms with Crippen molar-refractivity contribution in [2.24, 2.45) is 11.8 Å². The minimum absolute atomic E-state index is 0.270. The van der Waals surface area contributed by atoms with Crippen molar-refractivity contribution >= 4 is 22.5 Å². The van der Waals surface area contributed by atoms with Gasteiger partial charge in [-0.1, -0.05) is 12.5 Å². The monoisotopic (exact) mass is 269 g/mol. The fourth-order valence-electron chi connectivity index (χ4n) is 3.90. The number of carbonyl (C=O) groups excluding carboxylic acids is 1. The van der Waals surface area contributed by atoms with E-state index in [1.807, 2.05) is 21.8 Å². The number of hydrogen-bond donors (Lipinski definition) is 0. The van der Waals surface area contributed by atoms with Crippen LogP contribution in [-0.2, 0) is 11.3 Å². The summed E-state index contributed by atoms with van der Waals surface area (Å²) in [6.07, 6.45) is 5.39. The Morgan fingerprint density at radius 2 is 2.25 bits per heavy atom. The Balaban J connectivity index is 1.79. The van der Waals surface area contributed by atoms with Crippen molar-refractivity contribution in [1.82, 2.24) is 9.78 Å². The van der Waals surface area contributed by atoms with Crippen LogP contribution < -0.4 is 4.90 Å². The van der Waals surface area contributed by atoms with E-state index in [0.29, 0.717) is 11.8 Å². The van der Waals surface area contributed by atoms with Gasteiger partial charge >= 0.3 is 0 Å². The number of carbonyl (C=O) groups is 1. The van der Waals surface area contributed by atoms with E-state index in [0.717, 1.165) is 36.1 Å². The first-order valence-electron chi connectivity index (χ1n) is 7.55. The molecule has 4 nitrogen and oxygen atoms in total. The molecule has 4 rings (SSSR count). The lowest BCUT2D eigenvalue weighted by atomic mass is 10.0. The van der Waals surface area contributed by atoms with Gasteiger partial charge in [0.15, 0.2) is 0 Å². The average Bonchev–Trinajstić information content (AvgIpc) is 3.14. The minimum Gasteiger partial charge on any atom is -0.311 e. The first-order valence-corrected chi connectivity index (χ1v) is 7.55. The van der Waals surface area contributed by atoms with Gasteiger partial charge in [-0.25, -0.2) is 0 Å². The second-order valence-electron chi connectivity index (χ2n) is 5.92. The molecule has 0 N–H and O–H groups in total. The Kier molecular flexibility index (Phi) is 2.59. The second-order valence-corrected chi connectivity index (χ2v) is 5.92. The molecule has 1 amide bonds. The number of fused-ring (bicyclic) bond motifs is 2. The predicted molar refractivity (Wildman–Crippen MR) is 78.6 cm³/mol. The van der Waals surface area contributed by atoms with Gasteiger partial charge in [-0.2, -0.15) is 5.10 Å². The van der Waals surface area contributed by atoms with Crippen molar-refractivity contribution in [2.75, 3.05) is 11.4 Å². The zero-order chi connectivity index (χ0) is 13.7. The van der Waals surface area contributed by atoms with E-state index < -0.39 is 0 Å². The third kappa shape index (κ3) is 1.54. The van der Waals surface area contributed by atoms with Crippen LogP contribution in [0.15, 0.2) is 24.4 Å². The van der Waals surface area contributed by atoms with Crippen molar-refractivity contribution in [2.45, 2.75) is 32.7 Å². The van der Waals surface area contributed by atoms with E-state index in [-0.39, 0.29) is 5.92 Å². The van der Waals surface area contributed by atoms with Gasteiger partial charge in [-0.05, 0) is 37.8 Å². The van der Waals surface area contributed by atoms with Crippen LogP contribution in [0.25, 0.3) is 10.9 Å². The maximum atomic E-state index is 12.6. The first-order chi connectivity index (χ1) is 9.79. The molecule has 2 atom stereocenters. The molecule has 0 bridgehead atoms. The largest absolute Gasteiger partial charge is 0.311 e. The van der Waals surface area contributed by atoms with E-state index in [2.05, 4.69) is 24.2 Å². The molecule has 0 spiro atoms. The number of aromatic nitrogens is 2. The zero-order valence-corrected chi connectivity index (χ0v) is 11.7. The van der Waals surface area contributed by atoms with Crippen LogP contribution >= 0.6 is 0 Å². The average molecular weight is 269 g/mol. The van der Waals surface area contributed by atoms with E-state index in [1.54, 1.807) is 0 Å². The highest BCUT2D eigenvalue weighted by molar-refractivity contribution is 6.05. The maximum Gasteiger partial charge on any atom is 0.230 e. The molecular weight excluding hydrogens is 250 g/mol. The highest BCUT2D eigenvalue weighted by Gasteiger charge is 2.43. The fourth-order valence-corrected chi connectivity index (χ4v) is 3.90. The van der Waals surface area contributed by atoms with Crippen molar-refractivity contribution < 1.29 is 4.79 Å². The highest BCUT2D eigenvalue weighted by atomic mass is 16.2. The number of amides is 1. The number of aryl methyl sites for hydroxylation is 1. The number of nitrogens with zero attached hydrogens (tertiary/aromatic N) is 3. The topological polar surface area (TPSA) is 38.1 Å². The van der Waals surface area contributed by atoms with Crippen LogP contribution in [0.5, 0.6) is 0 Å². The lowest BCUT2D eigenvalue weighted by Gasteiger charge is -2.18. The van der Waals surface area contributed by atoms with Crippen LogP contribution in [0.3, 0.4) is 0 Å². The quantitative estimate of drug-likeness (QED) is 0.840.